The molecule has 0 aliphatic heterocycles. The third-order valence-electron chi connectivity index (χ3n) is 3.04. The highest BCUT2D eigenvalue weighted by molar-refractivity contribution is 5.59. The van der Waals surface area contributed by atoms with Gasteiger partial charge in [0.2, 0.25) is 0 Å². The molecular formula is C15H25NO2. The molecule has 1 aromatic rings. The molecule has 0 radical (unpaired) electrons. The van der Waals surface area contributed by atoms with Gasteiger partial charge in [0.25, 0.3) is 0 Å². The van der Waals surface area contributed by atoms with Crippen molar-refractivity contribution in [1.82, 2.24) is 0 Å². The molecule has 18 heavy (non-hydrogen) atoms. The molecule has 0 atom stereocenters. The first-order valence-electron chi connectivity index (χ1n) is 6.73. The average molecular weight is 251 g/mol. The predicted molar refractivity (Wildman–Crippen MR) is 76.8 cm³/mol. The van der Waals surface area contributed by atoms with Crippen molar-refractivity contribution in [3.8, 4) is 11.5 Å². The van der Waals surface area contributed by atoms with Crippen molar-refractivity contribution in [2.45, 2.75) is 45.6 Å². The van der Waals surface area contributed by atoms with Gasteiger partial charge in [0.05, 0.1) is 19.9 Å². The van der Waals surface area contributed by atoms with Crippen molar-refractivity contribution in [3.05, 3.63) is 18.2 Å². The van der Waals surface area contributed by atoms with Gasteiger partial charge in [-0.3, -0.25) is 0 Å². The molecule has 0 aliphatic carbocycles. The molecule has 102 valence electrons. The number of anilines is 1. The molecule has 0 saturated heterocycles. The van der Waals surface area contributed by atoms with E-state index in [1.54, 1.807) is 14.2 Å². The summed E-state index contributed by atoms with van der Waals surface area (Å²) in [5, 5.41) is 3.57. The molecule has 0 spiro atoms. The first-order chi connectivity index (χ1) is 8.74. The standard InChI is InChI=1S/C15H25NO2/c1-5-7-12(8-6-2)16-14-10-9-13(17-3)11-15(14)18-4/h9-12,16H,5-8H2,1-4H3. The Bertz CT molecular complexity index is 346. The summed E-state index contributed by atoms with van der Waals surface area (Å²) in [5.74, 6) is 1.66. The van der Waals surface area contributed by atoms with Crippen molar-refractivity contribution in [2.75, 3.05) is 19.5 Å². The third kappa shape index (κ3) is 4.13. The van der Waals surface area contributed by atoms with E-state index in [1.165, 1.54) is 25.7 Å². The van der Waals surface area contributed by atoms with Crippen LogP contribution in [0.3, 0.4) is 0 Å². The zero-order valence-corrected chi connectivity index (χ0v) is 12.0. The van der Waals surface area contributed by atoms with Gasteiger partial charge in [-0.2, -0.15) is 0 Å². The van der Waals surface area contributed by atoms with Crippen LogP contribution >= 0.6 is 0 Å². The number of rotatable bonds is 8. The minimum Gasteiger partial charge on any atom is -0.497 e. The second-order valence-electron chi connectivity index (χ2n) is 4.48. The average Bonchev–Trinajstić information content (AvgIpc) is 2.39. The molecule has 0 heterocycles. The van der Waals surface area contributed by atoms with Gasteiger partial charge in [-0.1, -0.05) is 26.7 Å². The summed E-state index contributed by atoms with van der Waals surface area (Å²) in [6.07, 6.45) is 4.75. The summed E-state index contributed by atoms with van der Waals surface area (Å²) < 4.78 is 10.6. The maximum Gasteiger partial charge on any atom is 0.145 e. The van der Waals surface area contributed by atoms with E-state index >= 15 is 0 Å². The number of ether oxygens (including phenoxy) is 2. The smallest absolute Gasteiger partial charge is 0.145 e. The normalized spacial score (nSPS) is 10.5. The Balaban J connectivity index is 2.80. The summed E-state index contributed by atoms with van der Waals surface area (Å²) in [4.78, 5) is 0. The molecule has 0 saturated carbocycles. The topological polar surface area (TPSA) is 30.5 Å². The maximum atomic E-state index is 5.40. The van der Waals surface area contributed by atoms with Crippen LogP contribution in [0.4, 0.5) is 5.69 Å². The van der Waals surface area contributed by atoms with E-state index in [4.69, 9.17) is 9.47 Å². The van der Waals surface area contributed by atoms with Gasteiger partial charge in [-0.15, -0.1) is 0 Å². The van der Waals surface area contributed by atoms with Crippen molar-refractivity contribution < 1.29 is 9.47 Å². The molecule has 0 fully saturated rings. The van der Waals surface area contributed by atoms with Gasteiger partial charge in [-0.05, 0) is 25.0 Å². The van der Waals surface area contributed by atoms with Crippen LogP contribution in [0.1, 0.15) is 39.5 Å². The van der Waals surface area contributed by atoms with Crippen LogP contribution in [0.2, 0.25) is 0 Å². The number of hydrogen-bond acceptors (Lipinski definition) is 3. The van der Waals surface area contributed by atoms with Crippen LogP contribution in [0.15, 0.2) is 18.2 Å². The lowest BCUT2D eigenvalue weighted by Crippen LogP contribution is -2.19. The Morgan fingerprint density at radius 2 is 1.72 bits per heavy atom. The predicted octanol–water partition coefficient (Wildman–Crippen LogP) is 4.08. The van der Waals surface area contributed by atoms with Gasteiger partial charge in [-0.25, -0.2) is 0 Å². The minimum atomic E-state index is 0.516. The fourth-order valence-corrected chi connectivity index (χ4v) is 2.12. The fraction of sp³-hybridized carbons (Fsp3) is 0.600. The molecule has 1 N–H and O–H groups in total. The van der Waals surface area contributed by atoms with E-state index < -0.39 is 0 Å². The summed E-state index contributed by atoms with van der Waals surface area (Å²) >= 11 is 0. The van der Waals surface area contributed by atoms with Crippen molar-refractivity contribution in [3.63, 3.8) is 0 Å². The molecular weight excluding hydrogens is 226 g/mol. The maximum absolute atomic E-state index is 5.40. The van der Waals surface area contributed by atoms with Crippen LogP contribution < -0.4 is 14.8 Å². The van der Waals surface area contributed by atoms with E-state index in [2.05, 4.69) is 19.2 Å². The second-order valence-corrected chi connectivity index (χ2v) is 4.48. The van der Waals surface area contributed by atoms with Crippen molar-refractivity contribution in [2.24, 2.45) is 0 Å². The van der Waals surface area contributed by atoms with Crippen molar-refractivity contribution >= 4 is 5.69 Å². The van der Waals surface area contributed by atoms with E-state index in [0.29, 0.717) is 6.04 Å². The molecule has 1 rings (SSSR count). The van der Waals surface area contributed by atoms with Crippen LogP contribution in [-0.4, -0.2) is 20.3 Å². The molecule has 3 heteroatoms. The van der Waals surface area contributed by atoms with E-state index in [0.717, 1.165) is 17.2 Å². The zero-order valence-electron chi connectivity index (χ0n) is 12.0. The lowest BCUT2D eigenvalue weighted by atomic mass is 10.1. The van der Waals surface area contributed by atoms with Crippen LogP contribution in [0.5, 0.6) is 11.5 Å². The monoisotopic (exact) mass is 251 g/mol. The van der Waals surface area contributed by atoms with Gasteiger partial charge < -0.3 is 14.8 Å². The van der Waals surface area contributed by atoms with Gasteiger partial charge >= 0.3 is 0 Å². The van der Waals surface area contributed by atoms with Gasteiger partial charge in [0.15, 0.2) is 0 Å². The SMILES string of the molecule is CCCC(CCC)Nc1ccc(OC)cc1OC. The van der Waals surface area contributed by atoms with Gasteiger partial charge in [0.1, 0.15) is 11.5 Å². The van der Waals surface area contributed by atoms with E-state index in [-0.39, 0.29) is 0 Å². The van der Waals surface area contributed by atoms with Crippen molar-refractivity contribution in [1.29, 1.82) is 0 Å². The Hall–Kier alpha value is -1.38. The Kier molecular flexibility index (Phi) is 6.40. The molecule has 0 aromatic heterocycles. The quantitative estimate of drug-likeness (QED) is 0.755. The Morgan fingerprint density at radius 3 is 2.22 bits per heavy atom. The van der Waals surface area contributed by atoms with Crippen LogP contribution in [0.25, 0.3) is 0 Å². The second kappa shape index (κ2) is 7.85. The summed E-state index contributed by atoms with van der Waals surface area (Å²) in [6, 6.07) is 6.41. The minimum absolute atomic E-state index is 0.516. The summed E-state index contributed by atoms with van der Waals surface area (Å²) in [7, 11) is 3.35. The highest BCUT2D eigenvalue weighted by atomic mass is 16.5. The van der Waals surface area contributed by atoms with Crippen LogP contribution in [0, 0.1) is 0 Å². The van der Waals surface area contributed by atoms with Gasteiger partial charge in [0, 0.05) is 12.1 Å². The fourth-order valence-electron chi connectivity index (χ4n) is 2.12. The lowest BCUT2D eigenvalue weighted by molar-refractivity contribution is 0.395. The first-order valence-corrected chi connectivity index (χ1v) is 6.73. The molecule has 0 amide bonds. The number of nitrogens with one attached hydrogen (secondary N) is 1. The summed E-state index contributed by atoms with van der Waals surface area (Å²) in [5.41, 5.74) is 1.05. The Labute approximate surface area is 110 Å². The largest absolute Gasteiger partial charge is 0.497 e. The highest BCUT2D eigenvalue weighted by Gasteiger charge is 2.10. The molecule has 0 unspecified atom stereocenters. The number of hydrogen-bond donors (Lipinski definition) is 1. The molecule has 1 aromatic carbocycles. The third-order valence-corrected chi connectivity index (χ3v) is 3.04. The first kappa shape index (κ1) is 14.7. The van der Waals surface area contributed by atoms with E-state index in [1.807, 2.05) is 18.2 Å². The highest BCUT2D eigenvalue weighted by Crippen LogP contribution is 2.30. The molecule has 3 nitrogen and oxygen atoms in total. The molecule has 0 bridgehead atoms. The Morgan fingerprint density at radius 1 is 1.06 bits per heavy atom. The lowest BCUT2D eigenvalue weighted by Gasteiger charge is -2.20. The van der Waals surface area contributed by atoms with E-state index in [9.17, 15) is 0 Å². The van der Waals surface area contributed by atoms with Crippen LogP contribution in [-0.2, 0) is 0 Å². The zero-order chi connectivity index (χ0) is 13.4. The number of benzene rings is 1. The summed E-state index contributed by atoms with van der Waals surface area (Å²) in [6.45, 7) is 4.44. The molecule has 0 aliphatic rings. The number of methoxy groups -OCH3 is 2.